The molecular weight excluding hydrogens is 396 g/mol. The van der Waals surface area contributed by atoms with Crippen molar-refractivity contribution in [3.63, 3.8) is 0 Å². The highest BCUT2D eigenvalue weighted by Gasteiger charge is 2.27. The monoisotopic (exact) mass is 410 g/mol. The maximum Gasteiger partial charge on any atom is 0.262 e. The van der Waals surface area contributed by atoms with Crippen molar-refractivity contribution < 1.29 is 4.42 Å². The van der Waals surface area contributed by atoms with Crippen molar-refractivity contribution in [3.8, 4) is 0 Å². The van der Waals surface area contributed by atoms with Gasteiger partial charge in [-0.05, 0) is 48.9 Å². The largest absolute Gasteiger partial charge is 0.467 e. The summed E-state index contributed by atoms with van der Waals surface area (Å²) in [6, 6.07) is 12.7. The molecule has 0 amide bonds. The highest BCUT2D eigenvalue weighted by atomic mass is 35.5. The Labute approximate surface area is 169 Å². The fourth-order valence-corrected chi connectivity index (χ4v) is 4.16. The number of aromatic nitrogens is 4. The average Bonchev–Trinajstić information content (AvgIpc) is 3.41. The predicted octanol–water partition coefficient (Wildman–Crippen LogP) is 4.51. The topological polar surface area (TPSA) is 73.8 Å². The Balaban J connectivity index is 1.62. The maximum atomic E-state index is 13.1. The van der Waals surface area contributed by atoms with Gasteiger partial charge in [0, 0.05) is 12.0 Å². The summed E-state index contributed by atoms with van der Waals surface area (Å²) in [5.74, 6) is 1.82. The fourth-order valence-electron chi connectivity index (χ4n) is 3.01. The van der Waals surface area contributed by atoms with E-state index in [1.807, 2.05) is 24.3 Å². The van der Waals surface area contributed by atoms with E-state index in [0.29, 0.717) is 44.5 Å². The Kier molecular flexibility index (Phi) is 4.41. The molecule has 0 radical (unpaired) electrons. The van der Waals surface area contributed by atoms with Gasteiger partial charge in [0.15, 0.2) is 5.16 Å². The maximum absolute atomic E-state index is 13.1. The van der Waals surface area contributed by atoms with Gasteiger partial charge in [-0.15, -0.1) is 0 Å². The van der Waals surface area contributed by atoms with E-state index in [9.17, 15) is 4.79 Å². The Morgan fingerprint density at radius 3 is 2.79 bits per heavy atom. The molecule has 0 atom stereocenters. The van der Waals surface area contributed by atoms with Gasteiger partial charge in [0.05, 0.1) is 23.7 Å². The normalized spacial score (nSPS) is 13.9. The molecule has 0 N–H and O–H groups in total. The van der Waals surface area contributed by atoms with Crippen LogP contribution in [0.3, 0.4) is 0 Å². The molecule has 8 heteroatoms. The van der Waals surface area contributed by atoms with Crippen LogP contribution in [0.25, 0.3) is 10.9 Å². The second-order valence-corrected chi connectivity index (χ2v) is 8.02. The third-order valence-corrected chi connectivity index (χ3v) is 5.65. The van der Waals surface area contributed by atoms with Crippen LogP contribution in [-0.2, 0) is 6.54 Å². The van der Waals surface area contributed by atoms with Crippen LogP contribution in [0.5, 0.6) is 0 Å². The highest BCUT2D eigenvalue weighted by Crippen LogP contribution is 2.39. The lowest BCUT2D eigenvalue weighted by Gasteiger charge is -2.12. The fraction of sp³-hybridized carbons (Fsp3) is 0.200. The van der Waals surface area contributed by atoms with Crippen LogP contribution in [-0.4, -0.2) is 19.5 Å². The number of rotatable bonds is 5. The number of hydrogen-bond donors (Lipinski definition) is 0. The molecule has 0 spiro atoms. The van der Waals surface area contributed by atoms with E-state index in [-0.39, 0.29) is 5.56 Å². The van der Waals surface area contributed by atoms with Gasteiger partial charge in [0.1, 0.15) is 21.8 Å². The summed E-state index contributed by atoms with van der Waals surface area (Å²) in [6.45, 7) is 0.292. The average molecular weight is 411 g/mol. The van der Waals surface area contributed by atoms with Gasteiger partial charge in [0.25, 0.3) is 5.56 Å². The summed E-state index contributed by atoms with van der Waals surface area (Å²) in [5, 5.41) is 2.19. The molecule has 1 aromatic carbocycles. The first-order chi connectivity index (χ1) is 13.7. The Morgan fingerprint density at radius 2 is 2.00 bits per heavy atom. The quantitative estimate of drug-likeness (QED) is 0.356. The number of fused-ring (bicyclic) bond motifs is 1. The van der Waals surface area contributed by atoms with Crippen LogP contribution in [0.15, 0.2) is 68.1 Å². The molecule has 1 aliphatic rings. The summed E-state index contributed by atoms with van der Waals surface area (Å²) in [6.07, 6.45) is 3.76. The second-order valence-electron chi connectivity index (χ2n) is 6.65. The number of para-hydroxylation sites is 1. The molecule has 6 nitrogen and oxygen atoms in total. The molecule has 140 valence electrons. The van der Waals surface area contributed by atoms with Gasteiger partial charge >= 0.3 is 0 Å². The summed E-state index contributed by atoms with van der Waals surface area (Å²) in [7, 11) is 0. The van der Waals surface area contributed by atoms with E-state index < -0.39 is 0 Å². The molecule has 0 saturated heterocycles. The van der Waals surface area contributed by atoms with Gasteiger partial charge in [-0.1, -0.05) is 23.7 Å². The molecule has 28 heavy (non-hydrogen) atoms. The van der Waals surface area contributed by atoms with E-state index in [1.54, 1.807) is 29.0 Å². The molecule has 3 aromatic heterocycles. The Hall–Kier alpha value is -2.64. The first-order valence-corrected chi connectivity index (χ1v) is 10.1. The molecule has 3 heterocycles. The van der Waals surface area contributed by atoms with Gasteiger partial charge in [-0.25, -0.2) is 15.0 Å². The Morgan fingerprint density at radius 1 is 1.14 bits per heavy atom. The molecular formula is C20H15ClN4O2S. The predicted molar refractivity (Wildman–Crippen MR) is 107 cm³/mol. The van der Waals surface area contributed by atoms with Crippen molar-refractivity contribution in [3.05, 3.63) is 75.8 Å². The van der Waals surface area contributed by atoms with Gasteiger partial charge in [0.2, 0.25) is 0 Å². The van der Waals surface area contributed by atoms with Gasteiger partial charge < -0.3 is 4.42 Å². The van der Waals surface area contributed by atoms with Crippen LogP contribution in [0, 0.1) is 0 Å². The van der Waals surface area contributed by atoms with Crippen molar-refractivity contribution in [2.75, 3.05) is 0 Å². The molecule has 1 aliphatic carbocycles. The zero-order chi connectivity index (χ0) is 19.1. The molecule has 1 fully saturated rings. The van der Waals surface area contributed by atoms with E-state index >= 15 is 0 Å². The third-order valence-electron chi connectivity index (χ3n) is 4.55. The van der Waals surface area contributed by atoms with E-state index in [0.717, 1.165) is 18.7 Å². The molecule has 0 aliphatic heterocycles. The lowest BCUT2D eigenvalue weighted by Crippen LogP contribution is -2.23. The number of furan rings is 1. The molecule has 5 rings (SSSR count). The number of benzene rings is 1. The smallest absolute Gasteiger partial charge is 0.262 e. The Bertz CT molecular complexity index is 1220. The van der Waals surface area contributed by atoms with Crippen LogP contribution >= 0.6 is 23.4 Å². The lowest BCUT2D eigenvalue weighted by molar-refractivity contribution is 0.476. The zero-order valence-electron chi connectivity index (χ0n) is 14.7. The van der Waals surface area contributed by atoms with Gasteiger partial charge in [-0.2, -0.15) is 0 Å². The van der Waals surface area contributed by atoms with Gasteiger partial charge in [-0.3, -0.25) is 9.36 Å². The minimum Gasteiger partial charge on any atom is -0.467 e. The van der Waals surface area contributed by atoms with E-state index in [4.69, 9.17) is 21.0 Å². The van der Waals surface area contributed by atoms with Crippen molar-refractivity contribution in [1.29, 1.82) is 0 Å². The van der Waals surface area contributed by atoms with Crippen molar-refractivity contribution in [2.24, 2.45) is 0 Å². The third kappa shape index (κ3) is 3.43. The number of nitrogens with zero attached hydrogens (tertiary/aromatic N) is 4. The first kappa shape index (κ1) is 17.5. The summed E-state index contributed by atoms with van der Waals surface area (Å²) < 4.78 is 7.05. The standard InChI is InChI=1S/C20H15ClN4O2S/c21-16-10-17(24-18(23-16)12-7-8-12)28-20-22-15-6-2-1-5-14(15)19(26)25(20)11-13-4-3-9-27-13/h1-6,9-10,12H,7-8,11H2. The molecule has 4 aromatic rings. The van der Waals surface area contributed by atoms with Crippen LogP contribution in [0.2, 0.25) is 5.15 Å². The lowest BCUT2D eigenvalue weighted by atomic mass is 10.2. The SMILES string of the molecule is O=c1c2ccccc2nc(Sc2cc(Cl)nc(C3CC3)n2)n1Cc1ccco1. The zero-order valence-corrected chi connectivity index (χ0v) is 16.3. The van der Waals surface area contributed by atoms with E-state index in [1.165, 1.54) is 11.8 Å². The van der Waals surface area contributed by atoms with Crippen LogP contribution in [0.1, 0.15) is 30.3 Å². The molecule has 1 saturated carbocycles. The molecule has 0 unspecified atom stereocenters. The number of hydrogen-bond acceptors (Lipinski definition) is 6. The van der Waals surface area contributed by atoms with Crippen LogP contribution < -0.4 is 5.56 Å². The van der Waals surface area contributed by atoms with Crippen molar-refractivity contribution in [1.82, 2.24) is 19.5 Å². The minimum atomic E-state index is -0.118. The second kappa shape index (κ2) is 7.07. The van der Waals surface area contributed by atoms with Crippen LogP contribution in [0.4, 0.5) is 0 Å². The summed E-state index contributed by atoms with van der Waals surface area (Å²) >= 11 is 7.51. The van der Waals surface area contributed by atoms with Crippen molar-refractivity contribution in [2.45, 2.75) is 35.5 Å². The molecule has 0 bridgehead atoms. The van der Waals surface area contributed by atoms with Crippen molar-refractivity contribution >= 4 is 34.3 Å². The summed E-state index contributed by atoms with van der Waals surface area (Å²) in [4.78, 5) is 26.8. The first-order valence-electron chi connectivity index (χ1n) is 8.92. The summed E-state index contributed by atoms with van der Waals surface area (Å²) in [5.41, 5.74) is 0.528. The van der Waals surface area contributed by atoms with E-state index in [2.05, 4.69) is 9.97 Å². The minimum absolute atomic E-state index is 0.118. The number of halogens is 1. The highest BCUT2D eigenvalue weighted by molar-refractivity contribution is 7.99.